The fraction of sp³-hybridized carbons (Fsp3) is 0.357. The summed E-state index contributed by atoms with van der Waals surface area (Å²) in [5.74, 6) is 3.97. The lowest BCUT2D eigenvalue weighted by Crippen LogP contribution is -2.36. The molecule has 0 saturated carbocycles. The van der Waals surface area contributed by atoms with Gasteiger partial charge in [0.15, 0.2) is 23.0 Å². The number of benzene rings is 3. The summed E-state index contributed by atoms with van der Waals surface area (Å²) in [6.07, 6.45) is 3.59. The molecule has 1 atom stereocenters. The van der Waals surface area contributed by atoms with Crippen LogP contribution < -0.4 is 33.9 Å². The summed E-state index contributed by atoms with van der Waals surface area (Å²) in [7, 11) is 0. The molecule has 180 valence electrons. The minimum atomic E-state index is -0.294. The minimum Gasteiger partial charge on any atom is -0.492 e. The van der Waals surface area contributed by atoms with Crippen LogP contribution in [0.3, 0.4) is 0 Å². The van der Waals surface area contributed by atoms with Crippen molar-refractivity contribution in [2.75, 3.05) is 43.5 Å². The predicted octanol–water partition coefficient (Wildman–Crippen LogP) is 5.58. The number of fused-ring (bicyclic) bond motifs is 6. The van der Waals surface area contributed by atoms with Crippen molar-refractivity contribution in [3.05, 3.63) is 59.7 Å². The molecule has 35 heavy (non-hydrogen) atoms. The van der Waals surface area contributed by atoms with Crippen LogP contribution in [0.2, 0.25) is 0 Å². The zero-order valence-electron chi connectivity index (χ0n) is 19.8. The van der Waals surface area contributed by atoms with Gasteiger partial charge in [0, 0.05) is 53.4 Å². The molecule has 1 N–H and O–H groups in total. The molecule has 4 heterocycles. The third-order valence-corrected chi connectivity index (χ3v) is 7.47. The third kappa shape index (κ3) is 3.17. The minimum absolute atomic E-state index is 0.252. The summed E-state index contributed by atoms with van der Waals surface area (Å²) in [5.41, 5.74) is 5.45. The Kier molecular flexibility index (Phi) is 4.65. The predicted molar refractivity (Wildman–Crippen MR) is 133 cm³/mol. The number of unbranched alkanes of at least 4 members (excludes halogenated alkanes) is 2. The highest BCUT2D eigenvalue weighted by Crippen LogP contribution is 2.56. The number of nitrogens with zero attached hydrogens (tertiary/aromatic N) is 1. The maximum absolute atomic E-state index is 6.33. The van der Waals surface area contributed by atoms with Crippen molar-refractivity contribution in [2.45, 2.75) is 31.6 Å². The quantitative estimate of drug-likeness (QED) is 0.470. The molecule has 7 heteroatoms. The lowest BCUT2D eigenvalue weighted by atomic mass is 9.76. The van der Waals surface area contributed by atoms with Crippen molar-refractivity contribution in [2.24, 2.45) is 0 Å². The maximum atomic E-state index is 6.33. The number of nitrogens with one attached hydrogen (secondary N) is 1. The van der Waals surface area contributed by atoms with E-state index in [0.717, 1.165) is 53.2 Å². The van der Waals surface area contributed by atoms with Crippen LogP contribution in [0.1, 0.15) is 37.3 Å². The van der Waals surface area contributed by atoms with Gasteiger partial charge in [-0.3, -0.25) is 0 Å². The van der Waals surface area contributed by atoms with Gasteiger partial charge in [0.05, 0.1) is 5.41 Å². The normalized spacial score (nSPS) is 20.2. The second-order valence-electron chi connectivity index (χ2n) is 9.59. The van der Waals surface area contributed by atoms with Crippen LogP contribution in [-0.4, -0.2) is 33.3 Å². The fourth-order valence-electron chi connectivity index (χ4n) is 5.82. The van der Waals surface area contributed by atoms with Gasteiger partial charge in [-0.15, -0.1) is 0 Å². The van der Waals surface area contributed by atoms with Gasteiger partial charge in [-0.1, -0.05) is 25.8 Å². The van der Waals surface area contributed by atoms with Crippen LogP contribution in [0.5, 0.6) is 28.7 Å². The molecule has 0 fully saturated rings. The van der Waals surface area contributed by atoms with E-state index in [1.807, 2.05) is 24.3 Å². The van der Waals surface area contributed by atoms with Crippen molar-refractivity contribution in [1.82, 2.24) is 0 Å². The number of hydrogen-bond acceptors (Lipinski definition) is 7. The first-order valence-corrected chi connectivity index (χ1v) is 12.4. The highest BCUT2D eigenvalue weighted by molar-refractivity contribution is 5.81. The number of ether oxygens (including phenoxy) is 5. The number of hydrogen-bond donors (Lipinski definition) is 1. The Balaban J connectivity index is 1.33. The zero-order valence-corrected chi connectivity index (χ0v) is 19.8. The van der Waals surface area contributed by atoms with Crippen LogP contribution in [0, 0.1) is 0 Å². The Hall–Kier alpha value is -3.74. The van der Waals surface area contributed by atoms with E-state index in [0.29, 0.717) is 6.61 Å². The van der Waals surface area contributed by atoms with E-state index in [-0.39, 0.29) is 19.0 Å². The molecule has 0 bridgehead atoms. The van der Waals surface area contributed by atoms with Gasteiger partial charge in [0.1, 0.15) is 12.4 Å². The molecule has 0 radical (unpaired) electrons. The second-order valence-corrected chi connectivity index (χ2v) is 9.59. The summed E-state index contributed by atoms with van der Waals surface area (Å²) in [5, 5.41) is 3.68. The fourth-order valence-corrected chi connectivity index (χ4v) is 5.82. The van der Waals surface area contributed by atoms with Crippen molar-refractivity contribution in [1.29, 1.82) is 0 Å². The lowest BCUT2D eigenvalue weighted by Gasteiger charge is -2.26. The monoisotopic (exact) mass is 472 g/mol. The van der Waals surface area contributed by atoms with Gasteiger partial charge in [0.25, 0.3) is 0 Å². The van der Waals surface area contributed by atoms with Gasteiger partial charge >= 0.3 is 0 Å². The first-order chi connectivity index (χ1) is 17.2. The standard InChI is InChI=1S/C28H28N2O5/c1-2-3-4-10-30-14-28(15-31-23-13-26-25(12-19(23)28)34-17-35-26)27-20(6-5-7-21(27)30)29-18-8-9-22-24(11-18)33-16-32-22/h5-9,11-13,29H,2-4,10,14-17H2,1H3. The van der Waals surface area contributed by atoms with Crippen molar-refractivity contribution in [3.8, 4) is 28.7 Å². The molecule has 1 spiro atoms. The smallest absolute Gasteiger partial charge is 0.231 e. The van der Waals surface area contributed by atoms with E-state index in [1.54, 1.807) is 0 Å². The Bertz CT molecular complexity index is 1310. The van der Waals surface area contributed by atoms with E-state index >= 15 is 0 Å². The molecule has 0 saturated heterocycles. The maximum Gasteiger partial charge on any atom is 0.231 e. The molecule has 3 aromatic rings. The first-order valence-electron chi connectivity index (χ1n) is 12.4. The average molecular weight is 473 g/mol. The summed E-state index contributed by atoms with van der Waals surface area (Å²) in [6, 6.07) is 16.6. The van der Waals surface area contributed by atoms with Crippen LogP contribution in [0.4, 0.5) is 17.1 Å². The molecule has 1 unspecified atom stereocenters. The summed E-state index contributed by atoms with van der Waals surface area (Å²) in [6.45, 7) is 5.24. The molecule has 7 rings (SSSR count). The average Bonchev–Trinajstić information content (AvgIpc) is 3.65. The summed E-state index contributed by atoms with van der Waals surface area (Å²) < 4.78 is 28.8. The van der Waals surface area contributed by atoms with E-state index < -0.39 is 0 Å². The molecule has 3 aromatic carbocycles. The third-order valence-electron chi connectivity index (χ3n) is 7.47. The van der Waals surface area contributed by atoms with Gasteiger partial charge in [-0.2, -0.15) is 0 Å². The number of anilines is 3. The first kappa shape index (κ1) is 20.6. The Morgan fingerprint density at radius 1 is 0.829 bits per heavy atom. The SMILES string of the molecule is CCCCCN1CC2(COc3cc4c(cc32)OCO4)c2c(Nc3ccc4c(c3)OCO4)cccc21. The summed E-state index contributed by atoms with van der Waals surface area (Å²) in [4.78, 5) is 2.53. The second kappa shape index (κ2) is 7.90. The Morgan fingerprint density at radius 2 is 1.63 bits per heavy atom. The zero-order chi connectivity index (χ0) is 23.4. The van der Waals surface area contributed by atoms with Crippen molar-refractivity contribution in [3.63, 3.8) is 0 Å². The van der Waals surface area contributed by atoms with Crippen LogP contribution in [0.15, 0.2) is 48.5 Å². The van der Waals surface area contributed by atoms with E-state index in [9.17, 15) is 0 Å². The molecule has 7 nitrogen and oxygen atoms in total. The van der Waals surface area contributed by atoms with Crippen molar-refractivity contribution < 1.29 is 23.7 Å². The highest BCUT2D eigenvalue weighted by Gasteiger charge is 2.51. The van der Waals surface area contributed by atoms with Crippen molar-refractivity contribution >= 4 is 17.1 Å². The van der Waals surface area contributed by atoms with Crippen LogP contribution in [0.25, 0.3) is 0 Å². The van der Waals surface area contributed by atoms with Crippen LogP contribution >= 0.6 is 0 Å². The molecule has 0 amide bonds. The van der Waals surface area contributed by atoms with Crippen LogP contribution in [-0.2, 0) is 5.41 Å². The number of rotatable bonds is 6. The molecular formula is C28H28N2O5. The van der Waals surface area contributed by atoms with Gasteiger partial charge < -0.3 is 33.9 Å². The molecule has 4 aliphatic heterocycles. The topological polar surface area (TPSA) is 61.4 Å². The summed E-state index contributed by atoms with van der Waals surface area (Å²) >= 11 is 0. The van der Waals surface area contributed by atoms with Gasteiger partial charge in [-0.05, 0) is 36.8 Å². The van der Waals surface area contributed by atoms with E-state index in [1.165, 1.54) is 36.1 Å². The van der Waals surface area contributed by atoms with E-state index in [2.05, 4.69) is 41.4 Å². The molecule has 4 aliphatic rings. The Labute approximate surface area is 204 Å². The van der Waals surface area contributed by atoms with E-state index in [4.69, 9.17) is 23.7 Å². The molecule has 0 aromatic heterocycles. The molecule has 0 aliphatic carbocycles. The molecular weight excluding hydrogens is 444 g/mol. The highest BCUT2D eigenvalue weighted by atomic mass is 16.7. The Morgan fingerprint density at radius 3 is 2.49 bits per heavy atom. The van der Waals surface area contributed by atoms with Gasteiger partial charge in [-0.25, -0.2) is 0 Å². The van der Waals surface area contributed by atoms with Gasteiger partial charge in [0.2, 0.25) is 13.6 Å². The lowest BCUT2D eigenvalue weighted by molar-refractivity contribution is 0.173. The largest absolute Gasteiger partial charge is 0.492 e.